The number of amides is 1. The molecule has 2 N–H and O–H groups in total. The summed E-state index contributed by atoms with van der Waals surface area (Å²) in [5, 5.41) is 6.70. The molecule has 0 aliphatic rings. The lowest BCUT2D eigenvalue weighted by molar-refractivity contribution is -0.114. The van der Waals surface area contributed by atoms with Crippen LogP contribution in [0.25, 0.3) is 10.9 Å². The van der Waals surface area contributed by atoms with Crippen LogP contribution in [0.1, 0.15) is 5.56 Å². The molecular formula is C16H15N5O. The van der Waals surface area contributed by atoms with E-state index in [9.17, 15) is 4.79 Å². The number of carbonyl (C=O) groups excluding carboxylic acids is 1. The molecule has 0 saturated carbocycles. The molecule has 22 heavy (non-hydrogen) atoms. The van der Waals surface area contributed by atoms with Gasteiger partial charge in [0.15, 0.2) is 0 Å². The van der Waals surface area contributed by atoms with Crippen LogP contribution in [-0.4, -0.2) is 27.4 Å². The molecule has 3 rings (SSSR count). The van der Waals surface area contributed by atoms with Crippen molar-refractivity contribution in [1.82, 2.24) is 15.0 Å². The van der Waals surface area contributed by atoms with Gasteiger partial charge in [0.25, 0.3) is 0 Å². The molecule has 0 fully saturated rings. The topological polar surface area (TPSA) is 79.8 Å². The Labute approximate surface area is 127 Å². The minimum atomic E-state index is -0.181. The maximum absolute atomic E-state index is 11.9. The molecule has 1 amide bonds. The third-order valence-corrected chi connectivity index (χ3v) is 3.22. The first-order valence-corrected chi connectivity index (χ1v) is 6.89. The van der Waals surface area contributed by atoms with Crippen LogP contribution in [0.2, 0.25) is 0 Å². The number of aryl methyl sites for hydroxylation is 1. The van der Waals surface area contributed by atoms with Gasteiger partial charge in [-0.15, -0.1) is 0 Å². The van der Waals surface area contributed by atoms with Gasteiger partial charge in [0, 0.05) is 11.6 Å². The zero-order valence-electron chi connectivity index (χ0n) is 12.1. The quantitative estimate of drug-likeness (QED) is 0.772. The second-order valence-corrected chi connectivity index (χ2v) is 4.81. The lowest BCUT2D eigenvalue weighted by Crippen LogP contribution is -2.22. The van der Waals surface area contributed by atoms with E-state index in [0.29, 0.717) is 11.6 Å². The summed E-state index contributed by atoms with van der Waals surface area (Å²) < 4.78 is 0. The van der Waals surface area contributed by atoms with Crippen LogP contribution in [0.4, 0.5) is 11.6 Å². The number of anilines is 2. The summed E-state index contributed by atoms with van der Waals surface area (Å²) in [6.45, 7) is 2.10. The molecule has 0 radical (unpaired) electrons. The average Bonchev–Trinajstić information content (AvgIpc) is 2.54. The van der Waals surface area contributed by atoms with Crippen LogP contribution < -0.4 is 10.6 Å². The van der Waals surface area contributed by atoms with E-state index in [4.69, 9.17) is 0 Å². The summed E-state index contributed by atoms with van der Waals surface area (Å²) in [5.74, 6) is 0.997. The lowest BCUT2D eigenvalue weighted by atomic mass is 10.1. The van der Waals surface area contributed by atoms with E-state index >= 15 is 0 Å². The van der Waals surface area contributed by atoms with Crippen LogP contribution in [0.15, 0.2) is 48.9 Å². The molecule has 0 aliphatic heterocycles. The standard InChI is InChI=1S/C16H15N5O/c1-11-5-4-6-12-15(11)16(20-10-19-12)18-9-14(22)21-13-7-2-3-8-17-13/h2-8,10H,9H2,1H3,(H,17,21,22)(H,18,19,20). The number of hydrogen-bond acceptors (Lipinski definition) is 5. The third kappa shape index (κ3) is 3.01. The molecule has 3 aromatic rings. The number of nitrogens with one attached hydrogen (secondary N) is 2. The van der Waals surface area contributed by atoms with Gasteiger partial charge in [0.05, 0.1) is 12.1 Å². The fourth-order valence-electron chi connectivity index (χ4n) is 2.20. The molecule has 0 saturated heterocycles. The van der Waals surface area contributed by atoms with E-state index in [1.165, 1.54) is 6.33 Å². The first kappa shape index (κ1) is 13.9. The second-order valence-electron chi connectivity index (χ2n) is 4.81. The van der Waals surface area contributed by atoms with E-state index in [2.05, 4.69) is 25.6 Å². The monoisotopic (exact) mass is 293 g/mol. The Kier molecular flexibility index (Phi) is 3.91. The Balaban J connectivity index is 1.73. The summed E-state index contributed by atoms with van der Waals surface area (Å²) in [7, 11) is 0. The molecule has 2 aromatic heterocycles. The molecule has 2 heterocycles. The Morgan fingerprint density at radius 2 is 2.00 bits per heavy atom. The van der Waals surface area contributed by atoms with E-state index in [1.807, 2.05) is 31.2 Å². The van der Waals surface area contributed by atoms with Crippen molar-refractivity contribution < 1.29 is 4.79 Å². The normalized spacial score (nSPS) is 10.4. The Morgan fingerprint density at radius 3 is 2.82 bits per heavy atom. The highest BCUT2D eigenvalue weighted by Gasteiger charge is 2.08. The van der Waals surface area contributed by atoms with Crippen LogP contribution >= 0.6 is 0 Å². The molecule has 0 atom stereocenters. The molecule has 6 nitrogen and oxygen atoms in total. The van der Waals surface area contributed by atoms with Gasteiger partial charge in [0.2, 0.25) is 5.91 Å². The van der Waals surface area contributed by atoms with E-state index in [1.54, 1.807) is 18.3 Å². The second kappa shape index (κ2) is 6.17. The summed E-state index contributed by atoms with van der Waals surface area (Å²) >= 11 is 0. The number of pyridine rings is 1. The first-order valence-electron chi connectivity index (χ1n) is 6.89. The molecule has 0 unspecified atom stereocenters. The molecule has 0 bridgehead atoms. The number of aromatic nitrogens is 3. The Hall–Kier alpha value is -3.02. The van der Waals surface area contributed by atoms with Crippen LogP contribution in [0, 0.1) is 6.92 Å². The van der Waals surface area contributed by atoms with E-state index in [-0.39, 0.29) is 12.5 Å². The Bertz CT molecular complexity index is 799. The van der Waals surface area contributed by atoms with Gasteiger partial charge in [-0.1, -0.05) is 18.2 Å². The van der Waals surface area contributed by atoms with Gasteiger partial charge in [-0.2, -0.15) is 0 Å². The van der Waals surface area contributed by atoms with Gasteiger partial charge < -0.3 is 10.6 Å². The van der Waals surface area contributed by atoms with Crippen LogP contribution in [0.5, 0.6) is 0 Å². The summed E-state index contributed by atoms with van der Waals surface area (Å²) in [6, 6.07) is 11.2. The highest BCUT2D eigenvalue weighted by Crippen LogP contribution is 2.22. The van der Waals surface area contributed by atoms with Crippen molar-refractivity contribution in [2.24, 2.45) is 0 Å². The van der Waals surface area contributed by atoms with Crippen molar-refractivity contribution in [2.45, 2.75) is 6.92 Å². The number of rotatable bonds is 4. The molecule has 1 aromatic carbocycles. The van der Waals surface area contributed by atoms with Crippen molar-refractivity contribution in [3.63, 3.8) is 0 Å². The predicted molar refractivity (Wildman–Crippen MR) is 85.6 cm³/mol. The molecular weight excluding hydrogens is 278 g/mol. The van der Waals surface area contributed by atoms with Crippen molar-refractivity contribution >= 4 is 28.4 Å². The smallest absolute Gasteiger partial charge is 0.244 e. The average molecular weight is 293 g/mol. The summed E-state index contributed by atoms with van der Waals surface area (Å²) in [6.07, 6.45) is 3.12. The minimum Gasteiger partial charge on any atom is -0.360 e. The third-order valence-electron chi connectivity index (χ3n) is 3.22. The zero-order valence-corrected chi connectivity index (χ0v) is 12.1. The maximum atomic E-state index is 11.9. The van der Waals surface area contributed by atoms with Crippen molar-refractivity contribution in [3.05, 3.63) is 54.5 Å². The van der Waals surface area contributed by atoms with Gasteiger partial charge in [-0.25, -0.2) is 15.0 Å². The SMILES string of the molecule is Cc1cccc2ncnc(NCC(=O)Nc3ccccn3)c12. The number of benzene rings is 1. The van der Waals surface area contributed by atoms with Crippen molar-refractivity contribution in [2.75, 3.05) is 17.2 Å². The summed E-state index contributed by atoms with van der Waals surface area (Å²) in [5.41, 5.74) is 1.91. The van der Waals surface area contributed by atoms with Crippen LogP contribution in [-0.2, 0) is 4.79 Å². The fraction of sp³-hybridized carbons (Fsp3) is 0.125. The zero-order chi connectivity index (χ0) is 15.4. The lowest BCUT2D eigenvalue weighted by Gasteiger charge is -2.10. The largest absolute Gasteiger partial charge is 0.360 e. The number of hydrogen-bond donors (Lipinski definition) is 2. The van der Waals surface area contributed by atoms with Gasteiger partial charge in [-0.3, -0.25) is 4.79 Å². The summed E-state index contributed by atoms with van der Waals surface area (Å²) in [4.78, 5) is 24.5. The number of carbonyl (C=O) groups is 1. The van der Waals surface area contributed by atoms with E-state index in [0.717, 1.165) is 16.5 Å². The van der Waals surface area contributed by atoms with E-state index < -0.39 is 0 Å². The van der Waals surface area contributed by atoms with Crippen LogP contribution in [0.3, 0.4) is 0 Å². The van der Waals surface area contributed by atoms with Crippen molar-refractivity contribution in [3.8, 4) is 0 Å². The molecule has 6 heteroatoms. The highest BCUT2D eigenvalue weighted by atomic mass is 16.1. The molecule has 0 spiro atoms. The van der Waals surface area contributed by atoms with Crippen molar-refractivity contribution in [1.29, 1.82) is 0 Å². The Morgan fingerprint density at radius 1 is 1.09 bits per heavy atom. The predicted octanol–water partition coefficient (Wildman–Crippen LogP) is 2.38. The van der Waals surface area contributed by atoms with Gasteiger partial charge >= 0.3 is 0 Å². The van der Waals surface area contributed by atoms with Gasteiger partial charge in [-0.05, 0) is 30.7 Å². The fourth-order valence-corrected chi connectivity index (χ4v) is 2.20. The number of fused-ring (bicyclic) bond motifs is 1. The van der Waals surface area contributed by atoms with Gasteiger partial charge in [0.1, 0.15) is 18.0 Å². The highest BCUT2D eigenvalue weighted by molar-refractivity contribution is 5.96. The minimum absolute atomic E-state index is 0.108. The molecule has 110 valence electrons. The number of nitrogens with zero attached hydrogens (tertiary/aromatic N) is 3. The molecule has 0 aliphatic carbocycles. The maximum Gasteiger partial charge on any atom is 0.244 e. The first-order chi connectivity index (χ1) is 10.7.